The van der Waals surface area contributed by atoms with Crippen molar-refractivity contribution in [2.75, 3.05) is 30.4 Å². The molecule has 0 saturated carbocycles. The zero-order chi connectivity index (χ0) is 14.5. The minimum Gasteiger partial charge on any atom is -0.481 e. The van der Waals surface area contributed by atoms with Gasteiger partial charge in [0.25, 0.3) is 0 Å². The molecule has 1 aliphatic heterocycles. The zero-order valence-corrected chi connectivity index (χ0v) is 12.4. The van der Waals surface area contributed by atoms with Gasteiger partial charge >= 0.3 is 0 Å². The second-order valence-corrected chi connectivity index (χ2v) is 5.27. The van der Waals surface area contributed by atoms with Crippen molar-refractivity contribution in [2.24, 2.45) is 0 Å². The molecule has 0 aliphatic carbocycles. The Morgan fingerprint density at radius 3 is 2.57 bits per heavy atom. The van der Waals surface area contributed by atoms with E-state index >= 15 is 0 Å². The summed E-state index contributed by atoms with van der Waals surface area (Å²) in [5, 5.41) is 3.39. The SMILES string of the molecule is COc1cccc(CNc2ccc(N3CCCC3)cc2)n1. The molecule has 4 nitrogen and oxygen atoms in total. The number of nitrogens with zero attached hydrogens (tertiary/aromatic N) is 2. The monoisotopic (exact) mass is 283 g/mol. The summed E-state index contributed by atoms with van der Waals surface area (Å²) < 4.78 is 5.14. The molecule has 1 aromatic heterocycles. The molecule has 1 aromatic carbocycles. The third-order valence-electron chi connectivity index (χ3n) is 3.80. The van der Waals surface area contributed by atoms with Gasteiger partial charge in [-0.05, 0) is 43.2 Å². The molecule has 0 radical (unpaired) electrons. The first-order valence-corrected chi connectivity index (χ1v) is 7.44. The highest BCUT2D eigenvalue weighted by atomic mass is 16.5. The third-order valence-corrected chi connectivity index (χ3v) is 3.80. The fraction of sp³-hybridized carbons (Fsp3) is 0.353. The van der Waals surface area contributed by atoms with Crippen LogP contribution in [-0.4, -0.2) is 25.2 Å². The summed E-state index contributed by atoms with van der Waals surface area (Å²) in [6.07, 6.45) is 2.61. The number of hydrogen-bond donors (Lipinski definition) is 1. The number of anilines is 2. The normalized spacial score (nSPS) is 14.2. The van der Waals surface area contributed by atoms with Crippen molar-refractivity contribution in [3.05, 3.63) is 48.2 Å². The molecule has 3 rings (SSSR count). The van der Waals surface area contributed by atoms with Crippen LogP contribution in [0.2, 0.25) is 0 Å². The van der Waals surface area contributed by atoms with Crippen molar-refractivity contribution in [2.45, 2.75) is 19.4 Å². The number of ether oxygens (including phenoxy) is 1. The molecule has 0 amide bonds. The maximum atomic E-state index is 5.14. The maximum Gasteiger partial charge on any atom is 0.213 e. The van der Waals surface area contributed by atoms with Gasteiger partial charge in [0.2, 0.25) is 5.88 Å². The summed E-state index contributed by atoms with van der Waals surface area (Å²) in [7, 11) is 1.64. The predicted octanol–water partition coefficient (Wildman–Crippen LogP) is 3.30. The molecule has 0 bridgehead atoms. The smallest absolute Gasteiger partial charge is 0.213 e. The summed E-state index contributed by atoms with van der Waals surface area (Å²) in [6.45, 7) is 3.06. The lowest BCUT2D eigenvalue weighted by Gasteiger charge is -2.18. The van der Waals surface area contributed by atoms with Crippen molar-refractivity contribution in [1.29, 1.82) is 0 Å². The van der Waals surface area contributed by atoms with Crippen LogP contribution in [0.5, 0.6) is 5.88 Å². The molecule has 0 unspecified atom stereocenters. The lowest BCUT2D eigenvalue weighted by molar-refractivity contribution is 0.396. The summed E-state index contributed by atoms with van der Waals surface area (Å²) in [5.41, 5.74) is 3.40. The Morgan fingerprint density at radius 2 is 1.86 bits per heavy atom. The molecule has 21 heavy (non-hydrogen) atoms. The number of hydrogen-bond acceptors (Lipinski definition) is 4. The molecule has 0 atom stereocenters. The van der Waals surface area contributed by atoms with E-state index in [1.54, 1.807) is 7.11 Å². The molecular weight excluding hydrogens is 262 g/mol. The third kappa shape index (κ3) is 3.45. The highest BCUT2D eigenvalue weighted by molar-refractivity contribution is 5.55. The quantitative estimate of drug-likeness (QED) is 0.913. The lowest BCUT2D eigenvalue weighted by Crippen LogP contribution is -2.17. The second-order valence-electron chi connectivity index (χ2n) is 5.27. The van der Waals surface area contributed by atoms with Gasteiger partial charge in [-0.2, -0.15) is 0 Å². The highest BCUT2D eigenvalue weighted by Crippen LogP contribution is 2.22. The van der Waals surface area contributed by atoms with E-state index in [4.69, 9.17) is 4.74 Å². The molecule has 1 aliphatic rings. The van der Waals surface area contributed by atoms with Crippen molar-refractivity contribution in [1.82, 2.24) is 4.98 Å². The van der Waals surface area contributed by atoms with E-state index in [2.05, 4.69) is 39.5 Å². The number of aromatic nitrogens is 1. The number of methoxy groups -OCH3 is 1. The molecule has 1 fully saturated rings. The molecule has 2 aromatic rings. The van der Waals surface area contributed by atoms with Crippen molar-refractivity contribution in [3.8, 4) is 5.88 Å². The molecule has 1 saturated heterocycles. The van der Waals surface area contributed by atoms with Gasteiger partial charge in [-0.3, -0.25) is 0 Å². The van der Waals surface area contributed by atoms with E-state index in [0.29, 0.717) is 12.4 Å². The number of benzene rings is 1. The Balaban J connectivity index is 1.59. The van der Waals surface area contributed by atoms with Crippen molar-refractivity contribution >= 4 is 11.4 Å². The Morgan fingerprint density at radius 1 is 1.10 bits per heavy atom. The molecular formula is C17H21N3O. The van der Waals surface area contributed by atoms with Gasteiger partial charge in [0.1, 0.15) is 0 Å². The first-order valence-electron chi connectivity index (χ1n) is 7.44. The van der Waals surface area contributed by atoms with Crippen molar-refractivity contribution in [3.63, 3.8) is 0 Å². The van der Waals surface area contributed by atoms with Crippen LogP contribution in [0.25, 0.3) is 0 Å². The molecule has 2 heterocycles. The number of rotatable bonds is 5. The van der Waals surface area contributed by atoms with E-state index in [-0.39, 0.29) is 0 Å². The lowest BCUT2D eigenvalue weighted by atomic mass is 10.2. The summed E-state index contributed by atoms with van der Waals surface area (Å²) in [5.74, 6) is 0.652. The fourth-order valence-electron chi connectivity index (χ4n) is 2.63. The Kier molecular flexibility index (Phi) is 4.24. The average Bonchev–Trinajstić information content (AvgIpc) is 3.08. The van der Waals surface area contributed by atoms with E-state index < -0.39 is 0 Å². The zero-order valence-electron chi connectivity index (χ0n) is 12.4. The molecule has 110 valence electrons. The van der Waals surface area contributed by atoms with Gasteiger partial charge in [0.15, 0.2) is 0 Å². The van der Waals surface area contributed by atoms with Crippen LogP contribution in [0.1, 0.15) is 18.5 Å². The number of pyridine rings is 1. The topological polar surface area (TPSA) is 37.4 Å². The number of nitrogens with one attached hydrogen (secondary N) is 1. The largest absolute Gasteiger partial charge is 0.481 e. The van der Waals surface area contributed by atoms with Crippen LogP contribution in [0, 0.1) is 0 Å². The molecule has 0 spiro atoms. The minimum atomic E-state index is 0.652. The first kappa shape index (κ1) is 13.7. The van der Waals surface area contributed by atoms with E-state index in [1.807, 2.05) is 18.2 Å². The Labute approximate surface area is 125 Å². The van der Waals surface area contributed by atoms with Gasteiger partial charge < -0.3 is 15.0 Å². The van der Waals surface area contributed by atoms with Crippen LogP contribution in [0.3, 0.4) is 0 Å². The van der Waals surface area contributed by atoms with Crippen LogP contribution in [0.4, 0.5) is 11.4 Å². The van der Waals surface area contributed by atoms with E-state index in [0.717, 1.165) is 11.4 Å². The molecule has 4 heteroatoms. The first-order chi connectivity index (χ1) is 10.3. The fourth-order valence-corrected chi connectivity index (χ4v) is 2.63. The summed E-state index contributed by atoms with van der Waals surface area (Å²) >= 11 is 0. The van der Waals surface area contributed by atoms with E-state index in [9.17, 15) is 0 Å². The van der Waals surface area contributed by atoms with Gasteiger partial charge in [-0.25, -0.2) is 4.98 Å². The van der Waals surface area contributed by atoms with Crippen LogP contribution in [0.15, 0.2) is 42.5 Å². The maximum absolute atomic E-state index is 5.14. The van der Waals surface area contributed by atoms with Gasteiger partial charge in [0, 0.05) is 30.5 Å². The standard InChI is InChI=1S/C17H21N3O/c1-21-17-6-4-5-15(19-17)13-18-14-7-9-16(10-8-14)20-11-2-3-12-20/h4-10,18H,2-3,11-13H2,1H3. The second kappa shape index (κ2) is 6.48. The summed E-state index contributed by atoms with van der Waals surface area (Å²) in [4.78, 5) is 6.83. The minimum absolute atomic E-state index is 0.652. The Bertz CT molecular complexity index is 577. The predicted molar refractivity (Wildman–Crippen MR) is 86.0 cm³/mol. The highest BCUT2D eigenvalue weighted by Gasteiger charge is 2.11. The summed E-state index contributed by atoms with van der Waals surface area (Å²) in [6, 6.07) is 14.4. The van der Waals surface area contributed by atoms with Gasteiger partial charge in [-0.1, -0.05) is 6.07 Å². The van der Waals surface area contributed by atoms with Crippen LogP contribution >= 0.6 is 0 Å². The van der Waals surface area contributed by atoms with Gasteiger partial charge in [0.05, 0.1) is 19.3 Å². The van der Waals surface area contributed by atoms with Gasteiger partial charge in [-0.15, -0.1) is 0 Å². The van der Waals surface area contributed by atoms with Crippen LogP contribution < -0.4 is 15.0 Å². The average molecular weight is 283 g/mol. The molecule has 1 N–H and O–H groups in total. The Hall–Kier alpha value is -2.23. The van der Waals surface area contributed by atoms with Crippen molar-refractivity contribution < 1.29 is 4.74 Å². The van der Waals surface area contributed by atoms with E-state index in [1.165, 1.54) is 31.6 Å². The van der Waals surface area contributed by atoms with Crippen LogP contribution in [-0.2, 0) is 6.54 Å².